The summed E-state index contributed by atoms with van der Waals surface area (Å²) in [5.41, 5.74) is 0. The molecular formula is C44H81NO11P+. The average molecular weight is 831 g/mol. The maximum atomic E-state index is 12.9. The van der Waals surface area contributed by atoms with Crippen LogP contribution in [0.25, 0.3) is 0 Å². The smallest absolute Gasteiger partial charge is 0.462 e. The van der Waals surface area contributed by atoms with Crippen LogP contribution in [0.3, 0.4) is 0 Å². The number of ketones is 1. The number of aliphatic hydroxyl groups is 1. The van der Waals surface area contributed by atoms with Crippen molar-refractivity contribution in [1.82, 2.24) is 0 Å². The van der Waals surface area contributed by atoms with Gasteiger partial charge in [-0.15, -0.1) is 0 Å². The Bertz CT molecular complexity index is 1190. The highest BCUT2D eigenvalue weighted by molar-refractivity contribution is 7.47. The van der Waals surface area contributed by atoms with Crippen molar-refractivity contribution >= 4 is 25.5 Å². The summed E-state index contributed by atoms with van der Waals surface area (Å²) in [5, 5.41) is 10.6. The number of Topliss-reactive ketones (excluding diaryl/α,β-unsaturated/α-hetero) is 1. The molecule has 13 heteroatoms. The van der Waals surface area contributed by atoms with Crippen LogP contribution in [0.2, 0.25) is 0 Å². The largest absolute Gasteiger partial charge is 0.472 e. The van der Waals surface area contributed by atoms with E-state index in [1.807, 2.05) is 21.1 Å². The zero-order chi connectivity index (χ0) is 41.9. The lowest BCUT2D eigenvalue weighted by molar-refractivity contribution is -0.870. The summed E-state index contributed by atoms with van der Waals surface area (Å²) in [7, 11) is 1.34. The summed E-state index contributed by atoms with van der Waals surface area (Å²) in [6.07, 6.45) is 25.4. The second-order valence-corrected chi connectivity index (χ2v) is 18.9. The zero-order valence-electron chi connectivity index (χ0n) is 36.4. The van der Waals surface area contributed by atoms with Gasteiger partial charge in [-0.25, -0.2) is 4.57 Å². The highest BCUT2D eigenvalue weighted by atomic mass is 31.2. The van der Waals surface area contributed by atoms with E-state index in [0.717, 1.165) is 32.1 Å². The van der Waals surface area contributed by atoms with E-state index in [1.54, 1.807) is 0 Å². The maximum absolute atomic E-state index is 12.9. The minimum absolute atomic E-state index is 0.00755. The van der Waals surface area contributed by atoms with Gasteiger partial charge in [-0.05, 0) is 50.9 Å². The molecule has 0 amide bonds. The first-order valence-corrected chi connectivity index (χ1v) is 24.0. The summed E-state index contributed by atoms with van der Waals surface area (Å²) in [6, 6.07) is 0. The number of phosphoric ester groups is 1. The van der Waals surface area contributed by atoms with E-state index in [0.29, 0.717) is 43.1 Å². The SMILES string of the molecule is CCCCC/C=C\C[C@H]1[C@H](O)CC(=O)[C@H]1CC1OC1CCCC(=O)OC(COC(=O)CCCCCCCCCCCCCCC)COP(=O)(O)OCC[N+](C)(C)C. The van der Waals surface area contributed by atoms with Gasteiger partial charge in [0.05, 0.1) is 46.1 Å². The molecule has 0 spiro atoms. The van der Waals surface area contributed by atoms with Crippen LogP contribution >= 0.6 is 7.82 Å². The number of hydrogen-bond donors (Lipinski definition) is 2. The van der Waals surface area contributed by atoms with Crippen LogP contribution in [0.1, 0.15) is 168 Å². The molecule has 4 unspecified atom stereocenters. The van der Waals surface area contributed by atoms with Crippen molar-refractivity contribution in [3.05, 3.63) is 12.2 Å². The molecule has 1 saturated heterocycles. The van der Waals surface area contributed by atoms with Crippen molar-refractivity contribution in [2.45, 2.75) is 192 Å². The first-order chi connectivity index (χ1) is 27.2. The van der Waals surface area contributed by atoms with E-state index in [2.05, 4.69) is 26.0 Å². The first kappa shape index (κ1) is 51.5. The molecule has 7 atom stereocenters. The molecule has 1 saturated carbocycles. The van der Waals surface area contributed by atoms with Crippen LogP contribution in [-0.4, -0.2) is 104 Å². The number of phosphoric acid groups is 1. The molecule has 332 valence electrons. The van der Waals surface area contributed by atoms with Gasteiger partial charge in [-0.2, -0.15) is 0 Å². The van der Waals surface area contributed by atoms with Crippen molar-refractivity contribution in [3.63, 3.8) is 0 Å². The number of allylic oxidation sites excluding steroid dienone is 2. The molecule has 2 rings (SSSR count). The fraction of sp³-hybridized carbons (Fsp3) is 0.886. The molecule has 57 heavy (non-hydrogen) atoms. The third-order valence-electron chi connectivity index (χ3n) is 11.1. The highest BCUT2D eigenvalue weighted by Gasteiger charge is 2.47. The molecule has 0 aromatic heterocycles. The number of unbranched alkanes of at least 4 members (excludes halogenated alkanes) is 15. The quantitative estimate of drug-likeness (QED) is 0.0155. The molecule has 2 aliphatic rings. The molecule has 1 aliphatic heterocycles. The molecule has 0 radical (unpaired) electrons. The van der Waals surface area contributed by atoms with E-state index in [4.69, 9.17) is 23.3 Å². The van der Waals surface area contributed by atoms with Crippen molar-refractivity contribution < 1.29 is 56.7 Å². The Labute approximate surface area is 345 Å². The number of esters is 2. The van der Waals surface area contributed by atoms with E-state index < -0.39 is 38.6 Å². The number of carbonyl (C=O) groups excluding carboxylic acids is 3. The molecule has 1 aliphatic carbocycles. The third-order valence-corrected chi connectivity index (χ3v) is 12.1. The Morgan fingerprint density at radius 3 is 2.04 bits per heavy atom. The second kappa shape index (κ2) is 29.5. The highest BCUT2D eigenvalue weighted by Crippen LogP contribution is 2.43. The van der Waals surface area contributed by atoms with Crippen LogP contribution in [0.5, 0.6) is 0 Å². The normalized spacial score (nSPS) is 22.5. The molecule has 1 heterocycles. The minimum Gasteiger partial charge on any atom is -0.462 e. The lowest BCUT2D eigenvalue weighted by Gasteiger charge is -2.24. The molecule has 2 N–H and O–H groups in total. The first-order valence-electron chi connectivity index (χ1n) is 22.5. The van der Waals surface area contributed by atoms with Crippen LogP contribution in [-0.2, 0) is 42.2 Å². The summed E-state index contributed by atoms with van der Waals surface area (Å²) in [4.78, 5) is 48.4. The number of hydrogen-bond acceptors (Lipinski definition) is 10. The lowest BCUT2D eigenvalue weighted by atomic mass is 9.86. The zero-order valence-corrected chi connectivity index (χ0v) is 37.3. The number of epoxide rings is 1. The lowest BCUT2D eigenvalue weighted by Crippen LogP contribution is -2.37. The molecule has 12 nitrogen and oxygen atoms in total. The van der Waals surface area contributed by atoms with E-state index in [-0.39, 0.29) is 62.3 Å². The van der Waals surface area contributed by atoms with Gasteiger partial charge in [-0.1, -0.05) is 116 Å². The van der Waals surface area contributed by atoms with E-state index in [1.165, 1.54) is 70.6 Å². The van der Waals surface area contributed by atoms with Gasteiger partial charge in [0.2, 0.25) is 0 Å². The molecule has 2 fully saturated rings. The Balaban J connectivity index is 1.73. The topological polar surface area (TPSA) is 158 Å². The van der Waals surface area contributed by atoms with Crippen molar-refractivity contribution in [2.24, 2.45) is 11.8 Å². The number of carbonyl (C=O) groups is 3. The van der Waals surface area contributed by atoms with Crippen LogP contribution in [0.15, 0.2) is 12.2 Å². The van der Waals surface area contributed by atoms with E-state index in [9.17, 15) is 28.9 Å². The van der Waals surface area contributed by atoms with Gasteiger partial charge in [-0.3, -0.25) is 23.4 Å². The predicted octanol–water partition coefficient (Wildman–Crippen LogP) is 9.18. The van der Waals surface area contributed by atoms with Crippen molar-refractivity contribution in [3.8, 4) is 0 Å². The number of nitrogens with zero attached hydrogens (tertiary/aromatic N) is 1. The fourth-order valence-corrected chi connectivity index (χ4v) is 8.16. The average Bonchev–Trinajstić information content (AvgIpc) is 3.83. The Kier molecular flexibility index (Phi) is 26.7. The number of ether oxygens (including phenoxy) is 3. The summed E-state index contributed by atoms with van der Waals surface area (Å²) in [5.74, 6) is -1.20. The Hall–Kier alpha value is -1.66. The third kappa shape index (κ3) is 25.5. The van der Waals surface area contributed by atoms with Crippen LogP contribution in [0, 0.1) is 11.8 Å². The van der Waals surface area contributed by atoms with Crippen molar-refractivity contribution in [1.29, 1.82) is 0 Å². The standard InChI is InChI=1S/C44H80NO11P/c1-6-8-10-12-14-15-16-17-18-19-20-22-24-28-43(48)52-34-36(35-54-57(50,51)53-31-30-45(3,4)5)55-44(49)29-25-27-41-42(56-41)32-38-37(39(46)33-40(38)47)26-23-21-13-11-9-7-2/h21,23,36-39,41-42,46H,6-20,22,24-35H2,1-5H3/p+1/b23-21-/t36?,37-,38+,39-,41?,42?/m1/s1. The molecular weight excluding hydrogens is 749 g/mol. The van der Waals surface area contributed by atoms with Gasteiger partial charge < -0.3 is 28.7 Å². The second-order valence-electron chi connectivity index (χ2n) is 17.5. The molecule has 0 aromatic carbocycles. The van der Waals surface area contributed by atoms with Crippen molar-refractivity contribution in [2.75, 3.05) is 47.5 Å². The molecule has 0 bridgehead atoms. The predicted molar refractivity (Wildman–Crippen MR) is 223 cm³/mol. The number of quaternary nitrogens is 1. The fourth-order valence-electron chi connectivity index (χ4n) is 7.42. The number of rotatable bonds is 36. The minimum atomic E-state index is -4.44. The summed E-state index contributed by atoms with van der Waals surface area (Å²) >= 11 is 0. The van der Waals surface area contributed by atoms with E-state index >= 15 is 0 Å². The van der Waals surface area contributed by atoms with Gasteiger partial charge >= 0.3 is 19.8 Å². The van der Waals surface area contributed by atoms with Crippen LogP contribution < -0.4 is 0 Å². The number of aliphatic hydroxyl groups excluding tert-OH is 1. The van der Waals surface area contributed by atoms with Gasteiger partial charge in [0.25, 0.3) is 0 Å². The molecule has 0 aromatic rings. The number of likely N-dealkylation sites (N-methyl/N-ethyl adjacent to an activating group) is 1. The summed E-state index contributed by atoms with van der Waals surface area (Å²) in [6.45, 7) is 4.11. The Morgan fingerprint density at radius 1 is 0.807 bits per heavy atom. The Morgan fingerprint density at radius 2 is 1.40 bits per heavy atom. The monoisotopic (exact) mass is 831 g/mol. The maximum Gasteiger partial charge on any atom is 0.472 e. The van der Waals surface area contributed by atoms with Gasteiger partial charge in [0, 0.05) is 25.2 Å². The van der Waals surface area contributed by atoms with Crippen LogP contribution in [0.4, 0.5) is 0 Å². The summed E-state index contributed by atoms with van der Waals surface area (Å²) < 4.78 is 40.2. The van der Waals surface area contributed by atoms with Gasteiger partial charge in [0.15, 0.2) is 6.10 Å². The van der Waals surface area contributed by atoms with Gasteiger partial charge in [0.1, 0.15) is 25.5 Å².